The molecule has 3 heteroatoms. The Kier molecular flexibility index (Phi) is 4.22. The number of likely N-dealkylation sites (tertiary alicyclic amines) is 1. The van der Waals surface area contributed by atoms with Crippen LogP contribution in [0, 0.1) is 5.92 Å². The van der Waals surface area contributed by atoms with Crippen molar-refractivity contribution in [3.63, 3.8) is 0 Å². The van der Waals surface area contributed by atoms with Gasteiger partial charge < -0.3 is 9.80 Å². The molecule has 1 rings (SSSR count). The summed E-state index contributed by atoms with van der Waals surface area (Å²) in [5, 5.41) is 0. The first kappa shape index (κ1) is 13.3. The van der Waals surface area contributed by atoms with Crippen LogP contribution >= 0.6 is 0 Å². The Morgan fingerprint density at radius 2 is 1.88 bits per heavy atom. The molecule has 0 radical (unpaired) electrons. The van der Waals surface area contributed by atoms with Crippen LogP contribution in [-0.2, 0) is 0 Å². The summed E-state index contributed by atoms with van der Waals surface area (Å²) in [6.45, 7) is 10.5. The van der Waals surface area contributed by atoms with E-state index in [1.54, 1.807) is 0 Å². The highest BCUT2D eigenvalue weighted by atomic mass is 16.2. The van der Waals surface area contributed by atoms with Crippen molar-refractivity contribution in [2.75, 3.05) is 20.1 Å². The minimum absolute atomic E-state index is 0.0415. The van der Waals surface area contributed by atoms with E-state index in [1.807, 2.05) is 16.8 Å². The Hall–Kier alpha value is -0.730. The normalized spacial score (nSPS) is 18.7. The van der Waals surface area contributed by atoms with Crippen molar-refractivity contribution in [1.29, 1.82) is 0 Å². The van der Waals surface area contributed by atoms with Crippen molar-refractivity contribution in [2.45, 2.75) is 52.5 Å². The quantitative estimate of drug-likeness (QED) is 0.710. The molecule has 0 aliphatic carbocycles. The molecule has 0 N–H and O–H groups in total. The highest BCUT2D eigenvalue weighted by molar-refractivity contribution is 5.75. The molecule has 0 bridgehead atoms. The van der Waals surface area contributed by atoms with Gasteiger partial charge in [0, 0.05) is 25.7 Å². The number of hydrogen-bond donors (Lipinski definition) is 0. The first-order chi connectivity index (χ1) is 7.38. The van der Waals surface area contributed by atoms with E-state index >= 15 is 0 Å². The van der Waals surface area contributed by atoms with E-state index in [2.05, 4.69) is 27.7 Å². The molecule has 0 spiro atoms. The maximum atomic E-state index is 12.3. The lowest BCUT2D eigenvalue weighted by atomic mass is 9.98. The lowest BCUT2D eigenvalue weighted by molar-refractivity contribution is 0.104. The second-order valence-corrected chi connectivity index (χ2v) is 5.68. The zero-order valence-corrected chi connectivity index (χ0v) is 11.4. The van der Waals surface area contributed by atoms with Crippen molar-refractivity contribution in [1.82, 2.24) is 9.80 Å². The molecule has 16 heavy (non-hydrogen) atoms. The van der Waals surface area contributed by atoms with Gasteiger partial charge in [-0.1, -0.05) is 13.8 Å². The largest absolute Gasteiger partial charge is 0.325 e. The standard InChI is InChI=1S/C13H26N2O/c1-6-13(3,4)14(5)12(16)15-9-7-11(2)8-10-15/h11H,6-10H2,1-5H3. The second kappa shape index (κ2) is 5.07. The molecule has 3 nitrogen and oxygen atoms in total. The van der Waals surface area contributed by atoms with E-state index in [-0.39, 0.29) is 11.6 Å². The van der Waals surface area contributed by atoms with Gasteiger partial charge in [0.1, 0.15) is 0 Å². The molecule has 0 atom stereocenters. The molecular weight excluding hydrogens is 200 g/mol. The average molecular weight is 226 g/mol. The maximum absolute atomic E-state index is 12.3. The Labute approximate surface area is 99.8 Å². The molecule has 1 aliphatic rings. The first-order valence-electron chi connectivity index (χ1n) is 6.41. The maximum Gasteiger partial charge on any atom is 0.320 e. The third-order valence-corrected chi connectivity index (χ3v) is 4.11. The van der Waals surface area contributed by atoms with E-state index in [0.717, 1.165) is 38.3 Å². The lowest BCUT2D eigenvalue weighted by Crippen LogP contribution is -2.52. The van der Waals surface area contributed by atoms with E-state index in [4.69, 9.17) is 0 Å². The molecular formula is C13H26N2O. The number of hydrogen-bond acceptors (Lipinski definition) is 1. The van der Waals surface area contributed by atoms with Gasteiger partial charge in [0.25, 0.3) is 0 Å². The van der Waals surface area contributed by atoms with Gasteiger partial charge in [0.05, 0.1) is 0 Å². The summed E-state index contributed by atoms with van der Waals surface area (Å²) in [6, 6.07) is 0.193. The summed E-state index contributed by atoms with van der Waals surface area (Å²) in [7, 11) is 1.92. The van der Waals surface area contributed by atoms with Gasteiger partial charge in [0.2, 0.25) is 0 Å². The number of carbonyl (C=O) groups is 1. The Morgan fingerprint density at radius 1 is 1.38 bits per heavy atom. The minimum atomic E-state index is -0.0415. The number of carbonyl (C=O) groups excluding carboxylic acids is 1. The number of amides is 2. The predicted octanol–water partition coefficient (Wildman–Crippen LogP) is 2.96. The highest BCUT2D eigenvalue weighted by Gasteiger charge is 2.30. The van der Waals surface area contributed by atoms with Crippen LogP contribution in [0.5, 0.6) is 0 Å². The SMILES string of the molecule is CCC(C)(C)N(C)C(=O)N1CCC(C)CC1. The minimum Gasteiger partial charge on any atom is -0.325 e. The smallest absolute Gasteiger partial charge is 0.320 e. The topological polar surface area (TPSA) is 23.6 Å². The summed E-state index contributed by atoms with van der Waals surface area (Å²) < 4.78 is 0. The molecule has 0 aromatic carbocycles. The Morgan fingerprint density at radius 3 is 2.31 bits per heavy atom. The van der Waals surface area contributed by atoms with E-state index in [9.17, 15) is 4.79 Å². The predicted molar refractivity (Wildman–Crippen MR) is 67.5 cm³/mol. The van der Waals surface area contributed by atoms with Crippen LogP contribution in [0.15, 0.2) is 0 Å². The van der Waals surface area contributed by atoms with Crippen LogP contribution in [0.4, 0.5) is 4.79 Å². The number of urea groups is 1. The molecule has 1 heterocycles. The molecule has 1 fully saturated rings. The molecule has 0 aromatic heterocycles. The summed E-state index contributed by atoms with van der Waals surface area (Å²) in [5.74, 6) is 0.772. The molecule has 0 unspecified atom stereocenters. The van der Waals surface area contributed by atoms with Crippen LogP contribution in [0.3, 0.4) is 0 Å². The zero-order valence-electron chi connectivity index (χ0n) is 11.4. The van der Waals surface area contributed by atoms with Gasteiger partial charge in [-0.15, -0.1) is 0 Å². The van der Waals surface area contributed by atoms with Crippen LogP contribution < -0.4 is 0 Å². The summed E-state index contributed by atoms with van der Waals surface area (Å²) in [5.41, 5.74) is -0.0415. The third kappa shape index (κ3) is 2.89. The van der Waals surface area contributed by atoms with E-state index < -0.39 is 0 Å². The first-order valence-corrected chi connectivity index (χ1v) is 6.41. The second-order valence-electron chi connectivity index (χ2n) is 5.68. The molecule has 1 saturated heterocycles. The lowest BCUT2D eigenvalue weighted by Gasteiger charge is -2.40. The highest BCUT2D eigenvalue weighted by Crippen LogP contribution is 2.21. The number of piperidine rings is 1. The van der Waals surface area contributed by atoms with Crippen molar-refractivity contribution in [3.05, 3.63) is 0 Å². The van der Waals surface area contributed by atoms with Gasteiger partial charge in [-0.25, -0.2) is 4.79 Å². The van der Waals surface area contributed by atoms with Crippen molar-refractivity contribution >= 4 is 6.03 Å². The van der Waals surface area contributed by atoms with Gasteiger partial charge in [-0.05, 0) is 39.0 Å². The van der Waals surface area contributed by atoms with Crippen LogP contribution in [-0.4, -0.2) is 41.5 Å². The monoisotopic (exact) mass is 226 g/mol. The van der Waals surface area contributed by atoms with Gasteiger partial charge in [-0.2, -0.15) is 0 Å². The van der Waals surface area contributed by atoms with Gasteiger partial charge in [-0.3, -0.25) is 0 Å². The average Bonchev–Trinajstić information content (AvgIpc) is 2.28. The zero-order chi connectivity index (χ0) is 12.3. The van der Waals surface area contributed by atoms with Crippen molar-refractivity contribution in [2.24, 2.45) is 5.92 Å². The van der Waals surface area contributed by atoms with E-state index in [1.165, 1.54) is 0 Å². The third-order valence-electron chi connectivity index (χ3n) is 4.11. The number of nitrogens with zero attached hydrogens (tertiary/aromatic N) is 2. The van der Waals surface area contributed by atoms with E-state index in [0.29, 0.717) is 0 Å². The van der Waals surface area contributed by atoms with Crippen LogP contribution in [0.1, 0.15) is 47.0 Å². The van der Waals surface area contributed by atoms with Crippen molar-refractivity contribution < 1.29 is 4.79 Å². The van der Waals surface area contributed by atoms with Crippen LogP contribution in [0.2, 0.25) is 0 Å². The number of rotatable bonds is 2. The van der Waals surface area contributed by atoms with Crippen molar-refractivity contribution in [3.8, 4) is 0 Å². The molecule has 0 aromatic rings. The fourth-order valence-corrected chi connectivity index (χ4v) is 1.91. The van der Waals surface area contributed by atoms with Gasteiger partial charge >= 0.3 is 6.03 Å². The summed E-state index contributed by atoms with van der Waals surface area (Å²) in [6.07, 6.45) is 3.28. The Balaban J connectivity index is 2.57. The molecule has 2 amide bonds. The summed E-state index contributed by atoms with van der Waals surface area (Å²) in [4.78, 5) is 16.2. The molecule has 1 aliphatic heterocycles. The fraction of sp³-hybridized carbons (Fsp3) is 0.923. The fourth-order valence-electron chi connectivity index (χ4n) is 1.91. The summed E-state index contributed by atoms with van der Waals surface area (Å²) >= 11 is 0. The van der Waals surface area contributed by atoms with Gasteiger partial charge in [0.15, 0.2) is 0 Å². The Bertz CT molecular complexity index is 242. The molecule has 94 valence electrons. The van der Waals surface area contributed by atoms with Crippen LogP contribution in [0.25, 0.3) is 0 Å². The molecule has 0 saturated carbocycles.